The van der Waals surface area contributed by atoms with Crippen LogP contribution in [0.2, 0.25) is 0 Å². The molecule has 1 saturated heterocycles. The van der Waals surface area contributed by atoms with Crippen molar-refractivity contribution in [2.45, 2.75) is 25.4 Å². The van der Waals surface area contributed by atoms with E-state index in [0.29, 0.717) is 23.0 Å². The van der Waals surface area contributed by atoms with Crippen molar-refractivity contribution in [1.29, 1.82) is 0 Å². The molecule has 1 aliphatic heterocycles. The van der Waals surface area contributed by atoms with Crippen LogP contribution in [0.25, 0.3) is 11.2 Å². The van der Waals surface area contributed by atoms with Crippen LogP contribution in [0.5, 0.6) is 0 Å². The van der Waals surface area contributed by atoms with Gasteiger partial charge in [-0.3, -0.25) is 4.79 Å². The van der Waals surface area contributed by atoms with E-state index in [1.165, 1.54) is 12.7 Å². The number of piperidine rings is 1. The van der Waals surface area contributed by atoms with E-state index < -0.39 is 0 Å². The second-order valence-electron chi connectivity index (χ2n) is 5.24. The van der Waals surface area contributed by atoms with E-state index in [4.69, 9.17) is 5.73 Å². The van der Waals surface area contributed by atoms with Crippen LogP contribution in [0, 0.1) is 5.92 Å². The van der Waals surface area contributed by atoms with Crippen LogP contribution in [0.3, 0.4) is 0 Å². The average molecular weight is 258 g/mol. The zero-order chi connectivity index (χ0) is 13.0. The number of imidazole rings is 1. The van der Waals surface area contributed by atoms with Crippen molar-refractivity contribution >= 4 is 22.9 Å². The Morgan fingerprint density at radius 1 is 1.42 bits per heavy atom. The second-order valence-corrected chi connectivity index (χ2v) is 5.24. The Balaban J connectivity index is 1.61. The van der Waals surface area contributed by atoms with E-state index in [2.05, 4.69) is 15.0 Å². The highest BCUT2D eigenvalue weighted by Crippen LogP contribution is 2.44. The summed E-state index contributed by atoms with van der Waals surface area (Å²) in [6.07, 6.45) is 5.32. The summed E-state index contributed by atoms with van der Waals surface area (Å²) in [7, 11) is 0. The first-order valence-electron chi connectivity index (χ1n) is 6.45. The lowest BCUT2D eigenvalue weighted by Crippen LogP contribution is -2.33. The quantitative estimate of drug-likeness (QED) is 0.820. The van der Waals surface area contributed by atoms with Gasteiger partial charge in [0.15, 0.2) is 11.5 Å². The molecule has 1 saturated carbocycles. The number of rotatable bonds is 2. The first-order chi connectivity index (χ1) is 9.24. The summed E-state index contributed by atoms with van der Waals surface area (Å²) in [5.74, 6) is 1.24. The van der Waals surface area contributed by atoms with Crippen molar-refractivity contribution < 1.29 is 4.79 Å². The van der Waals surface area contributed by atoms with Gasteiger partial charge in [0.1, 0.15) is 18.4 Å². The number of nitrogens with two attached hydrogens (primary N) is 1. The third-order valence-corrected chi connectivity index (χ3v) is 4.08. The molecule has 1 amide bonds. The number of hydrogen-bond donors (Lipinski definition) is 1. The maximum Gasteiger partial charge on any atom is 0.242 e. The molecule has 7 heteroatoms. The largest absolute Gasteiger partial charge is 0.382 e. The summed E-state index contributed by atoms with van der Waals surface area (Å²) in [5, 5.41) is 0. The lowest BCUT2D eigenvalue weighted by atomic mass is 10.3. The summed E-state index contributed by atoms with van der Waals surface area (Å²) in [5.41, 5.74) is 6.90. The molecule has 2 N–H and O–H groups in total. The topological polar surface area (TPSA) is 89.9 Å². The normalized spacial score (nSPS) is 24.7. The Morgan fingerprint density at radius 3 is 3.05 bits per heavy atom. The van der Waals surface area contributed by atoms with E-state index in [0.717, 1.165) is 18.9 Å². The van der Waals surface area contributed by atoms with Crippen molar-refractivity contribution in [2.24, 2.45) is 5.92 Å². The van der Waals surface area contributed by atoms with Gasteiger partial charge in [-0.2, -0.15) is 0 Å². The van der Waals surface area contributed by atoms with Gasteiger partial charge in [-0.25, -0.2) is 15.0 Å². The lowest BCUT2D eigenvalue weighted by Gasteiger charge is -2.18. The van der Waals surface area contributed by atoms with Crippen LogP contribution in [0.1, 0.15) is 12.8 Å². The van der Waals surface area contributed by atoms with Crippen LogP contribution >= 0.6 is 0 Å². The molecule has 0 bridgehead atoms. The number of aromatic nitrogens is 4. The predicted molar refractivity (Wildman–Crippen MR) is 68.0 cm³/mol. The number of fused-ring (bicyclic) bond motifs is 2. The van der Waals surface area contributed by atoms with E-state index in [1.54, 1.807) is 10.9 Å². The summed E-state index contributed by atoms with van der Waals surface area (Å²) in [4.78, 5) is 26.5. The Bertz CT molecular complexity index is 665. The van der Waals surface area contributed by atoms with Gasteiger partial charge < -0.3 is 15.2 Å². The van der Waals surface area contributed by atoms with Gasteiger partial charge in [0.25, 0.3) is 0 Å². The number of likely N-dealkylation sites (tertiary alicyclic amines) is 1. The number of nitrogens with zero attached hydrogens (tertiary/aromatic N) is 5. The first-order valence-corrected chi connectivity index (χ1v) is 6.45. The maximum atomic E-state index is 12.3. The molecule has 0 aromatic carbocycles. The smallest absolute Gasteiger partial charge is 0.242 e. The Morgan fingerprint density at radius 2 is 2.32 bits per heavy atom. The number of anilines is 1. The van der Waals surface area contributed by atoms with Gasteiger partial charge in [0.05, 0.1) is 6.33 Å². The van der Waals surface area contributed by atoms with Crippen LogP contribution in [-0.2, 0) is 11.3 Å². The van der Waals surface area contributed by atoms with Crippen LogP contribution in [-0.4, -0.2) is 42.9 Å². The van der Waals surface area contributed by atoms with Gasteiger partial charge >= 0.3 is 0 Å². The van der Waals surface area contributed by atoms with Crippen molar-refractivity contribution in [2.75, 3.05) is 12.3 Å². The summed E-state index contributed by atoms with van der Waals surface area (Å²) >= 11 is 0. The standard InChI is InChI=1S/C12H14N6O/c13-11-10-12(15-5-14-11)17(6-16-10)4-9(19)18-2-1-7-3-8(7)18/h5-8H,1-4H2,(H2,13,14,15)/t7-,8-/m1/s1. The summed E-state index contributed by atoms with van der Waals surface area (Å²) in [6, 6.07) is 0.488. The fourth-order valence-electron chi connectivity index (χ4n) is 2.95. The van der Waals surface area contributed by atoms with E-state index in [-0.39, 0.29) is 12.5 Å². The first kappa shape index (κ1) is 10.7. The predicted octanol–water partition coefficient (Wildman–Crippen LogP) is 0.0293. The van der Waals surface area contributed by atoms with Gasteiger partial charge in [-0.15, -0.1) is 0 Å². The fourth-order valence-corrected chi connectivity index (χ4v) is 2.95. The van der Waals surface area contributed by atoms with E-state index in [1.807, 2.05) is 4.90 Å². The van der Waals surface area contributed by atoms with Crippen LogP contribution < -0.4 is 5.73 Å². The molecule has 0 radical (unpaired) electrons. The average Bonchev–Trinajstić information content (AvgIpc) is 2.86. The van der Waals surface area contributed by atoms with Crippen LogP contribution in [0.4, 0.5) is 5.82 Å². The zero-order valence-corrected chi connectivity index (χ0v) is 10.4. The van der Waals surface area contributed by atoms with Gasteiger partial charge in [0, 0.05) is 12.6 Å². The lowest BCUT2D eigenvalue weighted by molar-refractivity contribution is -0.131. The molecule has 19 heavy (non-hydrogen) atoms. The van der Waals surface area contributed by atoms with Gasteiger partial charge in [-0.05, 0) is 18.8 Å². The van der Waals surface area contributed by atoms with Crippen molar-refractivity contribution in [1.82, 2.24) is 24.4 Å². The SMILES string of the molecule is Nc1ncnc2c1ncn2CC(=O)N1CC[C@@H]2C[C@H]21. The second kappa shape index (κ2) is 3.66. The van der Waals surface area contributed by atoms with Gasteiger partial charge in [-0.1, -0.05) is 0 Å². The van der Waals surface area contributed by atoms with Crippen molar-refractivity contribution in [3.8, 4) is 0 Å². The third-order valence-electron chi connectivity index (χ3n) is 4.08. The van der Waals surface area contributed by atoms with Crippen LogP contribution in [0.15, 0.2) is 12.7 Å². The number of carbonyl (C=O) groups is 1. The molecular formula is C12H14N6O. The molecular weight excluding hydrogens is 244 g/mol. The Labute approximate surface area is 109 Å². The number of amides is 1. The molecule has 2 aromatic rings. The number of hydrogen-bond acceptors (Lipinski definition) is 5. The summed E-state index contributed by atoms with van der Waals surface area (Å²) in [6.45, 7) is 1.16. The van der Waals surface area contributed by atoms with Crippen molar-refractivity contribution in [3.05, 3.63) is 12.7 Å². The molecule has 2 fully saturated rings. The zero-order valence-electron chi connectivity index (χ0n) is 10.4. The molecule has 2 atom stereocenters. The number of nitrogen functional groups attached to an aromatic ring is 1. The minimum absolute atomic E-state index is 0.140. The molecule has 0 spiro atoms. The van der Waals surface area contributed by atoms with E-state index >= 15 is 0 Å². The third kappa shape index (κ3) is 1.57. The van der Waals surface area contributed by atoms with Gasteiger partial charge in [0.2, 0.25) is 5.91 Å². The highest BCUT2D eigenvalue weighted by atomic mass is 16.2. The summed E-state index contributed by atoms with van der Waals surface area (Å²) < 4.78 is 1.74. The Hall–Kier alpha value is -2.18. The molecule has 7 nitrogen and oxygen atoms in total. The molecule has 4 rings (SSSR count). The monoisotopic (exact) mass is 258 g/mol. The highest BCUT2D eigenvalue weighted by Gasteiger charge is 2.48. The molecule has 0 unspecified atom stereocenters. The fraction of sp³-hybridized carbons (Fsp3) is 0.500. The molecule has 3 heterocycles. The molecule has 98 valence electrons. The highest BCUT2D eigenvalue weighted by molar-refractivity contribution is 5.83. The molecule has 1 aliphatic carbocycles. The minimum Gasteiger partial charge on any atom is -0.382 e. The Kier molecular flexibility index (Phi) is 2.06. The molecule has 2 aromatic heterocycles. The minimum atomic E-state index is 0.140. The molecule has 2 aliphatic rings. The van der Waals surface area contributed by atoms with E-state index in [9.17, 15) is 4.79 Å². The maximum absolute atomic E-state index is 12.3. The van der Waals surface area contributed by atoms with Crippen molar-refractivity contribution in [3.63, 3.8) is 0 Å². The number of carbonyl (C=O) groups excluding carboxylic acids is 1.